The fourth-order valence-corrected chi connectivity index (χ4v) is 3.60. The number of amides is 2. The van der Waals surface area contributed by atoms with Gasteiger partial charge in [0.1, 0.15) is 16.6 Å². The van der Waals surface area contributed by atoms with Gasteiger partial charge in [0.25, 0.3) is 0 Å². The number of hydrogen-bond donors (Lipinski definition) is 1. The minimum Gasteiger partial charge on any atom is -0.444 e. The van der Waals surface area contributed by atoms with E-state index in [1.807, 2.05) is 26.8 Å². The Morgan fingerprint density at radius 2 is 2.15 bits per heavy atom. The van der Waals surface area contributed by atoms with Gasteiger partial charge in [0.2, 0.25) is 5.91 Å². The second-order valence-corrected chi connectivity index (χ2v) is 8.21. The summed E-state index contributed by atoms with van der Waals surface area (Å²) < 4.78 is 5.35. The van der Waals surface area contributed by atoms with Crippen LogP contribution in [-0.2, 0) is 16.0 Å². The van der Waals surface area contributed by atoms with Crippen molar-refractivity contribution in [1.29, 1.82) is 0 Å². The van der Waals surface area contributed by atoms with Gasteiger partial charge in [-0.2, -0.15) is 0 Å². The monoisotopic (exact) mass is 380 g/mol. The molecule has 1 saturated heterocycles. The van der Waals surface area contributed by atoms with Gasteiger partial charge in [-0.05, 0) is 39.7 Å². The molecule has 7 nitrogen and oxygen atoms in total. The van der Waals surface area contributed by atoms with Crippen LogP contribution in [-0.4, -0.2) is 48.8 Å². The normalized spacial score (nSPS) is 20.2. The number of carbonyl (C=O) groups is 2. The zero-order valence-corrected chi connectivity index (χ0v) is 16.4. The maximum atomic E-state index is 12.1. The topological polar surface area (TPSA) is 74.8 Å². The number of likely N-dealkylation sites (N-methyl/N-ethyl adjacent to an activating group) is 1. The van der Waals surface area contributed by atoms with E-state index >= 15 is 0 Å². The molecule has 1 atom stereocenters. The van der Waals surface area contributed by atoms with Crippen LogP contribution in [0.5, 0.6) is 0 Å². The van der Waals surface area contributed by atoms with Crippen molar-refractivity contribution in [2.45, 2.75) is 51.7 Å². The maximum Gasteiger partial charge on any atom is 0.407 e. The van der Waals surface area contributed by atoms with Gasteiger partial charge in [-0.15, -0.1) is 0 Å². The lowest BCUT2D eigenvalue weighted by molar-refractivity contribution is -0.117. The van der Waals surface area contributed by atoms with Gasteiger partial charge in [-0.25, -0.2) is 9.78 Å². The Labute approximate surface area is 158 Å². The standard InChI is InChI=1S/C18H25ClN4O3/c1-18(2,3)26-17(25)20-11-6-5-7-23(10-11)13-9-14(19)21-16-12(13)8-15(24)22(16)4/h9,11H,5-8,10H2,1-4H3,(H,20,25)/t11-/m1/s1. The number of piperidine rings is 1. The summed E-state index contributed by atoms with van der Waals surface area (Å²) in [5.74, 6) is 0.635. The van der Waals surface area contributed by atoms with E-state index in [-0.39, 0.29) is 11.9 Å². The summed E-state index contributed by atoms with van der Waals surface area (Å²) in [4.78, 5) is 32.2. The van der Waals surface area contributed by atoms with Gasteiger partial charge >= 0.3 is 6.09 Å². The summed E-state index contributed by atoms with van der Waals surface area (Å²) in [6, 6.07) is 1.79. The zero-order chi connectivity index (χ0) is 19.1. The average Bonchev–Trinajstić information content (AvgIpc) is 2.80. The number of anilines is 2. The van der Waals surface area contributed by atoms with Crippen molar-refractivity contribution in [3.05, 3.63) is 16.8 Å². The number of nitrogens with zero attached hydrogens (tertiary/aromatic N) is 3. The van der Waals surface area contributed by atoms with E-state index in [1.54, 1.807) is 11.9 Å². The first-order valence-corrected chi connectivity index (χ1v) is 9.22. The van der Waals surface area contributed by atoms with Crippen LogP contribution in [0.1, 0.15) is 39.2 Å². The lowest BCUT2D eigenvalue weighted by Crippen LogP contribution is -2.49. The molecule has 1 aromatic heterocycles. The van der Waals surface area contributed by atoms with E-state index in [0.717, 1.165) is 30.6 Å². The van der Waals surface area contributed by atoms with Crippen molar-refractivity contribution >= 4 is 35.1 Å². The van der Waals surface area contributed by atoms with Crippen LogP contribution in [0.4, 0.5) is 16.3 Å². The summed E-state index contributed by atoms with van der Waals surface area (Å²) >= 11 is 6.19. The van der Waals surface area contributed by atoms with Crippen molar-refractivity contribution in [3.8, 4) is 0 Å². The Hall–Kier alpha value is -2.02. The summed E-state index contributed by atoms with van der Waals surface area (Å²) in [7, 11) is 1.71. The molecule has 1 fully saturated rings. The molecule has 8 heteroatoms. The van der Waals surface area contributed by atoms with E-state index in [4.69, 9.17) is 16.3 Å². The largest absolute Gasteiger partial charge is 0.444 e. The molecule has 0 aliphatic carbocycles. The lowest BCUT2D eigenvalue weighted by Gasteiger charge is -2.36. The van der Waals surface area contributed by atoms with Crippen LogP contribution < -0.4 is 15.1 Å². The Bertz CT molecular complexity index is 732. The molecule has 3 heterocycles. The van der Waals surface area contributed by atoms with E-state index in [2.05, 4.69) is 15.2 Å². The predicted octanol–water partition coefficient (Wildman–Crippen LogP) is 2.75. The first-order valence-electron chi connectivity index (χ1n) is 8.84. The van der Waals surface area contributed by atoms with Crippen LogP contribution in [0, 0.1) is 0 Å². The van der Waals surface area contributed by atoms with Crippen molar-refractivity contribution in [1.82, 2.24) is 10.3 Å². The summed E-state index contributed by atoms with van der Waals surface area (Å²) in [6.07, 6.45) is 1.73. The van der Waals surface area contributed by atoms with Gasteiger partial charge < -0.3 is 15.0 Å². The van der Waals surface area contributed by atoms with Crippen LogP contribution in [0.3, 0.4) is 0 Å². The van der Waals surface area contributed by atoms with Gasteiger partial charge in [-0.3, -0.25) is 9.69 Å². The smallest absolute Gasteiger partial charge is 0.407 e. The number of pyridine rings is 1. The molecule has 3 rings (SSSR count). The number of hydrogen-bond acceptors (Lipinski definition) is 5. The number of carbonyl (C=O) groups excluding carboxylic acids is 2. The Morgan fingerprint density at radius 1 is 1.42 bits per heavy atom. The Balaban J connectivity index is 1.76. The van der Waals surface area contributed by atoms with Gasteiger partial charge in [0, 0.05) is 37.4 Å². The highest BCUT2D eigenvalue weighted by molar-refractivity contribution is 6.30. The number of aromatic nitrogens is 1. The predicted molar refractivity (Wildman–Crippen MR) is 101 cm³/mol. The maximum absolute atomic E-state index is 12.1. The zero-order valence-electron chi connectivity index (χ0n) is 15.6. The van der Waals surface area contributed by atoms with Gasteiger partial charge in [0.15, 0.2) is 0 Å². The number of nitrogens with one attached hydrogen (secondary N) is 1. The molecular formula is C18H25ClN4O3. The van der Waals surface area contributed by atoms with E-state index in [1.165, 1.54) is 0 Å². The second-order valence-electron chi connectivity index (χ2n) is 7.83. The third-order valence-corrected chi connectivity index (χ3v) is 4.74. The van der Waals surface area contributed by atoms with Crippen molar-refractivity contribution in [3.63, 3.8) is 0 Å². The second kappa shape index (κ2) is 6.95. The molecule has 1 aromatic rings. The van der Waals surface area contributed by atoms with Crippen LogP contribution in [0.25, 0.3) is 0 Å². The molecule has 0 bridgehead atoms. The molecule has 0 radical (unpaired) electrons. The van der Waals surface area contributed by atoms with Crippen molar-refractivity contribution in [2.75, 3.05) is 29.9 Å². The first-order chi connectivity index (χ1) is 12.1. The molecular weight excluding hydrogens is 356 g/mol. The van der Waals surface area contributed by atoms with Crippen molar-refractivity contribution in [2.24, 2.45) is 0 Å². The summed E-state index contributed by atoms with van der Waals surface area (Å²) in [5.41, 5.74) is 1.30. The van der Waals surface area contributed by atoms with Gasteiger partial charge in [0.05, 0.1) is 6.42 Å². The molecule has 2 aliphatic heterocycles. The van der Waals surface area contributed by atoms with E-state index in [0.29, 0.717) is 23.9 Å². The quantitative estimate of drug-likeness (QED) is 0.798. The fraction of sp³-hybridized carbons (Fsp3) is 0.611. The molecule has 1 N–H and O–H groups in total. The molecule has 0 spiro atoms. The molecule has 2 aliphatic rings. The molecule has 142 valence electrons. The molecule has 0 saturated carbocycles. The van der Waals surface area contributed by atoms with E-state index in [9.17, 15) is 9.59 Å². The van der Waals surface area contributed by atoms with Crippen LogP contribution >= 0.6 is 11.6 Å². The van der Waals surface area contributed by atoms with Crippen molar-refractivity contribution < 1.29 is 14.3 Å². The van der Waals surface area contributed by atoms with Crippen LogP contribution in [0.15, 0.2) is 6.07 Å². The fourth-order valence-electron chi connectivity index (χ4n) is 3.42. The first kappa shape index (κ1) is 18.8. The van der Waals surface area contributed by atoms with E-state index < -0.39 is 11.7 Å². The summed E-state index contributed by atoms with van der Waals surface area (Å²) in [5, 5.41) is 3.31. The minimum atomic E-state index is -0.525. The number of ether oxygens (including phenoxy) is 1. The SMILES string of the molecule is CN1C(=O)Cc2c(N3CCC[C@@H](NC(=O)OC(C)(C)C)C3)cc(Cl)nc21. The van der Waals surface area contributed by atoms with Crippen LogP contribution in [0.2, 0.25) is 5.15 Å². The highest BCUT2D eigenvalue weighted by atomic mass is 35.5. The highest BCUT2D eigenvalue weighted by Crippen LogP contribution is 2.37. The molecule has 2 amide bonds. The summed E-state index contributed by atoms with van der Waals surface area (Å²) in [6.45, 7) is 7.02. The lowest BCUT2D eigenvalue weighted by atomic mass is 10.0. The molecule has 0 unspecified atom stereocenters. The third-order valence-electron chi connectivity index (χ3n) is 4.55. The molecule has 0 aromatic carbocycles. The van der Waals surface area contributed by atoms with Gasteiger partial charge in [-0.1, -0.05) is 11.6 Å². The average molecular weight is 381 g/mol. The number of halogens is 1. The Morgan fingerprint density at radius 3 is 2.85 bits per heavy atom. The minimum absolute atomic E-state index is 0.0106. The third kappa shape index (κ3) is 4.03. The Kier molecular flexibility index (Phi) is 5.01. The number of alkyl carbamates (subject to hydrolysis) is 1. The number of fused-ring (bicyclic) bond motifs is 1. The highest BCUT2D eigenvalue weighted by Gasteiger charge is 2.32. The molecule has 26 heavy (non-hydrogen) atoms. The number of rotatable bonds is 2.